The van der Waals surface area contributed by atoms with Gasteiger partial charge in [-0.2, -0.15) is 0 Å². The van der Waals surface area contributed by atoms with Gasteiger partial charge in [-0.3, -0.25) is 19.9 Å². The van der Waals surface area contributed by atoms with Crippen molar-refractivity contribution in [1.82, 2.24) is 15.1 Å². The van der Waals surface area contributed by atoms with Gasteiger partial charge in [0.1, 0.15) is 6.04 Å². The van der Waals surface area contributed by atoms with Gasteiger partial charge in [-0.25, -0.2) is 9.59 Å². The molecule has 3 aliphatic heterocycles. The Kier molecular flexibility index (Phi) is 1.27. The summed E-state index contributed by atoms with van der Waals surface area (Å²) in [4.78, 5) is 36.5. The summed E-state index contributed by atoms with van der Waals surface area (Å²) < 4.78 is 0. The second-order valence-corrected chi connectivity index (χ2v) is 3.75. The molecule has 0 aromatic heterocycles. The Bertz CT molecular complexity index is 430. The lowest BCUT2D eigenvalue weighted by Crippen LogP contribution is -2.49. The number of primary amides is 1. The minimum absolute atomic E-state index is 0.330. The van der Waals surface area contributed by atoms with Crippen molar-refractivity contribution in [3.8, 4) is 0 Å². The fourth-order valence-electron chi connectivity index (χ4n) is 2.41. The van der Waals surface area contributed by atoms with Crippen LogP contribution in [0.4, 0.5) is 9.59 Å². The molecule has 2 atom stereocenters. The van der Waals surface area contributed by atoms with E-state index in [0.717, 1.165) is 0 Å². The Morgan fingerprint density at radius 3 is 2.93 bits per heavy atom. The Balaban J connectivity index is 2.04. The maximum absolute atomic E-state index is 11.4. The van der Waals surface area contributed by atoms with Crippen LogP contribution in [0.15, 0.2) is 11.9 Å². The van der Waals surface area contributed by atoms with Gasteiger partial charge in [0.25, 0.3) is 5.91 Å². The van der Waals surface area contributed by atoms with E-state index in [1.807, 2.05) is 0 Å². The van der Waals surface area contributed by atoms with Gasteiger partial charge in [-0.05, 0) is 0 Å². The van der Waals surface area contributed by atoms with Crippen LogP contribution in [0.2, 0.25) is 0 Å². The molecule has 3 heterocycles. The van der Waals surface area contributed by atoms with Crippen LogP contribution in [0.3, 0.4) is 0 Å². The fraction of sp³-hybridized carbons (Fsp3) is 0.375. The van der Waals surface area contributed by atoms with Gasteiger partial charge in [0.15, 0.2) is 0 Å². The van der Waals surface area contributed by atoms with Crippen LogP contribution in [-0.2, 0) is 4.79 Å². The number of hydrogen-bond donors (Lipinski definition) is 2. The highest BCUT2D eigenvalue weighted by atomic mass is 16.2. The van der Waals surface area contributed by atoms with Crippen molar-refractivity contribution in [1.29, 1.82) is 0 Å². The summed E-state index contributed by atoms with van der Waals surface area (Å²) in [6.45, 7) is 0. The van der Waals surface area contributed by atoms with E-state index in [1.54, 1.807) is 0 Å². The van der Waals surface area contributed by atoms with Gasteiger partial charge in [-0.1, -0.05) is 0 Å². The second kappa shape index (κ2) is 2.30. The van der Waals surface area contributed by atoms with Crippen molar-refractivity contribution in [3.05, 3.63) is 11.9 Å². The molecule has 15 heavy (non-hydrogen) atoms. The van der Waals surface area contributed by atoms with Crippen molar-refractivity contribution in [3.63, 3.8) is 0 Å². The maximum Gasteiger partial charge on any atom is 0.329 e. The summed E-state index contributed by atoms with van der Waals surface area (Å²) >= 11 is 0. The molecule has 7 nitrogen and oxygen atoms in total. The van der Waals surface area contributed by atoms with Crippen LogP contribution in [0.1, 0.15) is 6.42 Å². The summed E-state index contributed by atoms with van der Waals surface area (Å²) in [5, 5.41) is 2.21. The zero-order chi connectivity index (χ0) is 10.7. The minimum atomic E-state index is -0.596. The molecule has 3 N–H and O–H groups in total. The SMILES string of the molecule is NC(=O)N1C=C2CC1C1C(=O)NC(=O)N21. The number of fused-ring (bicyclic) bond motifs is 5. The van der Waals surface area contributed by atoms with E-state index in [-0.39, 0.29) is 11.9 Å². The van der Waals surface area contributed by atoms with Gasteiger partial charge in [0.05, 0.1) is 6.04 Å². The molecule has 0 aliphatic carbocycles. The Morgan fingerprint density at radius 2 is 2.27 bits per heavy atom. The molecule has 0 aromatic carbocycles. The van der Waals surface area contributed by atoms with Gasteiger partial charge in [0.2, 0.25) is 0 Å². The predicted octanol–water partition coefficient (Wildman–Crippen LogP) is -1.09. The van der Waals surface area contributed by atoms with Crippen LogP contribution >= 0.6 is 0 Å². The summed E-state index contributed by atoms with van der Waals surface area (Å²) in [5.74, 6) is -0.362. The molecule has 0 radical (unpaired) electrons. The number of nitrogens with one attached hydrogen (secondary N) is 1. The zero-order valence-electron chi connectivity index (χ0n) is 7.64. The summed E-state index contributed by atoms with van der Waals surface area (Å²) in [6.07, 6.45) is 2.05. The van der Waals surface area contributed by atoms with Crippen molar-refractivity contribution in [2.75, 3.05) is 0 Å². The Hall–Kier alpha value is -2.05. The summed E-state index contributed by atoms with van der Waals surface area (Å²) in [5.41, 5.74) is 5.83. The molecule has 2 fully saturated rings. The van der Waals surface area contributed by atoms with Gasteiger partial charge >= 0.3 is 12.1 Å². The standard InChI is InChI=1S/C8H8N4O3/c9-7(14)11-2-3-1-4(11)5-6(13)10-8(15)12(3)5/h2,4-5H,1H2,(H2,9,14)(H,10,13,15). The first-order chi connectivity index (χ1) is 7.09. The topological polar surface area (TPSA) is 95.7 Å². The fourth-order valence-corrected chi connectivity index (χ4v) is 2.41. The predicted molar refractivity (Wildman–Crippen MR) is 47.1 cm³/mol. The largest absolute Gasteiger partial charge is 0.351 e. The summed E-state index contributed by atoms with van der Waals surface area (Å²) in [6, 6.07) is -1.93. The molecule has 3 rings (SSSR count). The first kappa shape index (κ1) is 8.27. The number of hydrogen-bond acceptors (Lipinski definition) is 3. The first-order valence-electron chi connectivity index (χ1n) is 4.52. The smallest absolute Gasteiger partial charge is 0.329 e. The maximum atomic E-state index is 11.4. The summed E-state index contributed by atoms with van der Waals surface area (Å²) in [7, 11) is 0. The molecule has 3 aliphatic rings. The molecule has 78 valence electrons. The van der Waals surface area contributed by atoms with Crippen molar-refractivity contribution >= 4 is 18.0 Å². The molecule has 0 spiro atoms. The van der Waals surface area contributed by atoms with E-state index in [4.69, 9.17) is 5.73 Å². The van der Waals surface area contributed by atoms with E-state index < -0.39 is 18.1 Å². The van der Waals surface area contributed by atoms with Crippen LogP contribution < -0.4 is 11.1 Å². The molecular formula is C8H8N4O3. The molecule has 5 amide bonds. The molecule has 7 heteroatoms. The van der Waals surface area contributed by atoms with E-state index in [1.165, 1.54) is 16.0 Å². The molecule has 2 bridgehead atoms. The molecule has 0 aromatic rings. The van der Waals surface area contributed by atoms with Crippen molar-refractivity contribution in [2.24, 2.45) is 5.73 Å². The van der Waals surface area contributed by atoms with Crippen LogP contribution in [-0.4, -0.2) is 39.9 Å². The molecule has 2 unspecified atom stereocenters. The number of carbonyl (C=O) groups is 3. The number of amides is 5. The van der Waals surface area contributed by atoms with E-state index in [0.29, 0.717) is 12.1 Å². The second-order valence-electron chi connectivity index (χ2n) is 3.75. The lowest BCUT2D eigenvalue weighted by Gasteiger charge is -2.28. The average Bonchev–Trinajstić information content (AvgIpc) is 2.77. The number of nitrogens with two attached hydrogens (primary N) is 1. The van der Waals surface area contributed by atoms with Crippen molar-refractivity contribution in [2.45, 2.75) is 18.5 Å². The third-order valence-electron chi connectivity index (χ3n) is 2.99. The third-order valence-corrected chi connectivity index (χ3v) is 2.99. The van der Waals surface area contributed by atoms with E-state index in [2.05, 4.69) is 5.32 Å². The van der Waals surface area contributed by atoms with Gasteiger partial charge in [0, 0.05) is 18.3 Å². The molecular weight excluding hydrogens is 200 g/mol. The monoisotopic (exact) mass is 208 g/mol. The van der Waals surface area contributed by atoms with Gasteiger partial charge < -0.3 is 5.73 Å². The minimum Gasteiger partial charge on any atom is -0.351 e. The lowest BCUT2D eigenvalue weighted by atomic mass is 10.1. The number of nitrogens with zero attached hydrogens (tertiary/aromatic N) is 2. The Morgan fingerprint density at radius 1 is 1.53 bits per heavy atom. The van der Waals surface area contributed by atoms with Gasteiger partial charge in [-0.15, -0.1) is 0 Å². The van der Waals surface area contributed by atoms with Crippen molar-refractivity contribution < 1.29 is 14.4 Å². The van der Waals surface area contributed by atoms with Crippen LogP contribution in [0.5, 0.6) is 0 Å². The number of imide groups is 1. The number of urea groups is 2. The number of rotatable bonds is 0. The third kappa shape index (κ3) is 0.821. The van der Waals surface area contributed by atoms with E-state index in [9.17, 15) is 14.4 Å². The van der Waals surface area contributed by atoms with Crippen LogP contribution in [0.25, 0.3) is 0 Å². The highest BCUT2D eigenvalue weighted by molar-refractivity contribution is 6.06. The molecule has 2 saturated heterocycles. The average molecular weight is 208 g/mol. The van der Waals surface area contributed by atoms with Crippen LogP contribution in [0, 0.1) is 0 Å². The Labute approximate surface area is 84.5 Å². The highest BCUT2D eigenvalue weighted by Gasteiger charge is 2.56. The number of carbonyl (C=O) groups excluding carboxylic acids is 3. The highest BCUT2D eigenvalue weighted by Crippen LogP contribution is 2.39. The zero-order valence-corrected chi connectivity index (χ0v) is 7.64. The lowest BCUT2D eigenvalue weighted by molar-refractivity contribution is -0.121. The first-order valence-corrected chi connectivity index (χ1v) is 4.52. The normalized spacial score (nSPS) is 31.9. The molecule has 0 saturated carbocycles. The van der Waals surface area contributed by atoms with E-state index >= 15 is 0 Å². The quantitative estimate of drug-likeness (QED) is 0.495.